The van der Waals surface area contributed by atoms with Crippen molar-refractivity contribution in [1.29, 1.82) is 0 Å². The van der Waals surface area contributed by atoms with Gasteiger partial charge in [0.15, 0.2) is 0 Å². The Morgan fingerprint density at radius 3 is 2.66 bits per heavy atom. The van der Waals surface area contributed by atoms with Crippen molar-refractivity contribution in [3.63, 3.8) is 0 Å². The lowest BCUT2D eigenvalue weighted by Crippen LogP contribution is -3.16. The van der Waals surface area contributed by atoms with Crippen molar-refractivity contribution < 1.29 is 19.2 Å². The molecule has 1 aliphatic rings. The molecule has 2 aromatic carbocycles. The predicted octanol–water partition coefficient (Wildman–Crippen LogP) is 1.25. The van der Waals surface area contributed by atoms with Crippen LogP contribution in [0, 0.1) is 6.92 Å². The molecule has 152 valence electrons. The van der Waals surface area contributed by atoms with Gasteiger partial charge in [-0.05, 0) is 36.8 Å². The fraction of sp³-hybridized carbons (Fsp3) is 0.348. The maximum Gasteiger partial charge on any atom is 0.336 e. The molecule has 0 unspecified atom stereocenters. The molecule has 4 rings (SSSR count). The Hall–Kier alpha value is -2.83. The van der Waals surface area contributed by atoms with Crippen LogP contribution in [0.1, 0.15) is 5.56 Å². The first-order valence-corrected chi connectivity index (χ1v) is 10.1. The molecule has 29 heavy (non-hydrogen) atoms. The number of quaternary nitrogens is 1. The molecule has 2 N–H and O–H groups in total. The van der Waals surface area contributed by atoms with Crippen LogP contribution in [0.3, 0.4) is 0 Å². The van der Waals surface area contributed by atoms with Gasteiger partial charge < -0.3 is 24.1 Å². The molecule has 0 saturated carbocycles. The summed E-state index contributed by atoms with van der Waals surface area (Å²) in [6, 6.07) is 17.4. The van der Waals surface area contributed by atoms with E-state index < -0.39 is 6.10 Å². The summed E-state index contributed by atoms with van der Waals surface area (Å²) in [6.45, 7) is 6.70. The smallest absolute Gasteiger partial charge is 0.336 e. The third kappa shape index (κ3) is 4.78. The lowest BCUT2D eigenvalue weighted by Gasteiger charge is -2.34. The van der Waals surface area contributed by atoms with Gasteiger partial charge in [-0.2, -0.15) is 0 Å². The van der Waals surface area contributed by atoms with Crippen molar-refractivity contribution in [2.45, 2.75) is 13.0 Å². The van der Waals surface area contributed by atoms with Gasteiger partial charge in [0, 0.05) is 23.2 Å². The van der Waals surface area contributed by atoms with Crippen molar-refractivity contribution in [1.82, 2.24) is 0 Å². The van der Waals surface area contributed by atoms with Gasteiger partial charge in [0.2, 0.25) is 0 Å². The van der Waals surface area contributed by atoms with Crippen LogP contribution >= 0.6 is 0 Å². The molecule has 1 fully saturated rings. The zero-order valence-corrected chi connectivity index (χ0v) is 16.6. The minimum absolute atomic E-state index is 0.216. The van der Waals surface area contributed by atoms with Gasteiger partial charge in [-0.1, -0.05) is 18.2 Å². The van der Waals surface area contributed by atoms with Crippen LogP contribution in [0.5, 0.6) is 5.75 Å². The Morgan fingerprint density at radius 1 is 1.14 bits per heavy atom. The summed E-state index contributed by atoms with van der Waals surface area (Å²) in [5.41, 5.74) is 2.27. The van der Waals surface area contributed by atoms with Gasteiger partial charge in [0.1, 0.15) is 30.6 Å². The second-order valence-electron chi connectivity index (χ2n) is 7.65. The molecule has 0 aliphatic carbocycles. The number of piperazine rings is 1. The number of hydrogen-bond donors (Lipinski definition) is 2. The number of fused-ring (bicyclic) bond motifs is 1. The summed E-state index contributed by atoms with van der Waals surface area (Å²) in [6.07, 6.45) is -0.548. The van der Waals surface area contributed by atoms with E-state index in [1.807, 2.05) is 25.1 Å². The quantitative estimate of drug-likeness (QED) is 0.615. The van der Waals surface area contributed by atoms with Gasteiger partial charge in [0.25, 0.3) is 0 Å². The highest BCUT2D eigenvalue weighted by molar-refractivity contribution is 5.81. The average Bonchev–Trinajstić information content (AvgIpc) is 2.73. The zero-order chi connectivity index (χ0) is 20.2. The highest BCUT2D eigenvalue weighted by Gasteiger charge is 2.22. The Labute approximate surface area is 169 Å². The van der Waals surface area contributed by atoms with Gasteiger partial charge in [0.05, 0.1) is 26.2 Å². The molecule has 2 heterocycles. The second kappa shape index (κ2) is 8.68. The Bertz CT molecular complexity index is 1010. The van der Waals surface area contributed by atoms with Crippen LogP contribution in [0.4, 0.5) is 5.69 Å². The van der Waals surface area contributed by atoms with Gasteiger partial charge in [-0.3, -0.25) is 0 Å². The first kappa shape index (κ1) is 19.5. The van der Waals surface area contributed by atoms with Crippen molar-refractivity contribution in [3.05, 3.63) is 70.6 Å². The first-order valence-electron chi connectivity index (χ1n) is 10.1. The fourth-order valence-corrected chi connectivity index (χ4v) is 3.90. The SMILES string of the molecule is Cc1cc(=O)oc2cc(OC[C@@H](O)C[NH+]3CCN(c4ccccc4)CC3)ccc12. The molecule has 1 saturated heterocycles. The van der Waals surface area contributed by atoms with Crippen LogP contribution in [0.25, 0.3) is 11.0 Å². The van der Waals surface area contributed by atoms with Crippen molar-refractivity contribution >= 4 is 16.7 Å². The lowest BCUT2D eigenvalue weighted by molar-refractivity contribution is -0.903. The van der Waals surface area contributed by atoms with Crippen LogP contribution in [-0.4, -0.2) is 50.5 Å². The summed E-state index contributed by atoms with van der Waals surface area (Å²) in [5, 5.41) is 11.3. The number of rotatable bonds is 6. The number of nitrogens with one attached hydrogen (secondary N) is 1. The Morgan fingerprint density at radius 2 is 1.90 bits per heavy atom. The standard InChI is InChI=1S/C23H26N2O4/c1-17-13-23(27)29-22-14-20(7-8-21(17)22)28-16-19(26)15-24-9-11-25(12-10-24)18-5-3-2-4-6-18/h2-8,13-14,19,26H,9-12,15-16H2,1H3/p+1/t19-/m0/s1. The number of ether oxygens (including phenoxy) is 1. The van der Waals surface area contributed by atoms with Gasteiger partial charge in [-0.15, -0.1) is 0 Å². The van der Waals surface area contributed by atoms with E-state index in [0.717, 1.165) is 37.1 Å². The number of hydrogen-bond acceptors (Lipinski definition) is 5. The molecule has 0 radical (unpaired) electrons. The third-order valence-corrected chi connectivity index (χ3v) is 5.48. The van der Waals surface area contributed by atoms with E-state index in [2.05, 4.69) is 29.2 Å². The van der Waals surface area contributed by atoms with Crippen LogP contribution in [0.2, 0.25) is 0 Å². The fourth-order valence-electron chi connectivity index (χ4n) is 3.90. The molecule has 0 spiro atoms. The van der Waals surface area contributed by atoms with Gasteiger partial charge >= 0.3 is 5.63 Å². The summed E-state index contributed by atoms with van der Waals surface area (Å²) in [5.74, 6) is 0.592. The number of benzene rings is 2. The molecule has 0 bridgehead atoms. The summed E-state index contributed by atoms with van der Waals surface area (Å²) in [4.78, 5) is 15.3. The van der Waals surface area contributed by atoms with Crippen LogP contribution < -0.4 is 20.2 Å². The van der Waals surface area contributed by atoms with E-state index in [4.69, 9.17) is 9.15 Å². The van der Waals surface area contributed by atoms with E-state index in [-0.39, 0.29) is 12.2 Å². The average molecular weight is 395 g/mol. The molecular formula is C23H27N2O4+. The second-order valence-corrected chi connectivity index (χ2v) is 7.65. The molecule has 1 aliphatic heterocycles. The maximum atomic E-state index is 11.6. The summed E-state index contributed by atoms with van der Waals surface area (Å²) >= 11 is 0. The predicted molar refractivity (Wildman–Crippen MR) is 113 cm³/mol. The Balaban J connectivity index is 1.28. The molecule has 1 atom stereocenters. The third-order valence-electron chi connectivity index (χ3n) is 5.48. The molecule has 1 aromatic heterocycles. The van der Waals surface area contributed by atoms with Crippen molar-refractivity contribution in [2.24, 2.45) is 0 Å². The van der Waals surface area contributed by atoms with E-state index in [1.54, 1.807) is 6.07 Å². The first-order chi connectivity index (χ1) is 14.1. The van der Waals surface area contributed by atoms with Gasteiger partial charge in [-0.25, -0.2) is 4.79 Å². The summed E-state index contributed by atoms with van der Waals surface area (Å²) < 4.78 is 11.0. The lowest BCUT2D eigenvalue weighted by atomic mass is 10.1. The molecule has 3 aromatic rings. The van der Waals surface area contributed by atoms with E-state index in [0.29, 0.717) is 17.9 Å². The number of aryl methyl sites for hydroxylation is 1. The number of para-hydroxylation sites is 1. The number of aliphatic hydroxyl groups is 1. The Kier molecular flexibility index (Phi) is 5.83. The zero-order valence-electron chi connectivity index (χ0n) is 16.6. The van der Waals surface area contributed by atoms with E-state index in [9.17, 15) is 9.90 Å². The van der Waals surface area contributed by atoms with E-state index in [1.165, 1.54) is 16.7 Å². The number of nitrogens with zero attached hydrogens (tertiary/aromatic N) is 1. The summed E-state index contributed by atoms with van der Waals surface area (Å²) in [7, 11) is 0. The molecule has 6 nitrogen and oxygen atoms in total. The normalized spacial score (nSPS) is 16.1. The van der Waals surface area contributed by atoms with Crippen LogP contribution in [0.15, 0.2) is 63.8 Å². The highest BCUT2D eigenvalue weighted by atomic mass is 16.5. The number of anilines is 1. The van der Waals surface area contributed by atoms with Crippen molar-refractivity contribution in [3.8, 4) is 5.75 Å². The molecular weight excluding hydrogens is 368 g/mol. The minimum atomic E-state index is -0.548. The van der Waals surface area contributed by atoms with Crippen LogP contribution in [-0.2, 0) is 0 Å². The topological polar surface area (TPSA) is 67.3 Å². The largest absolute Gasteiger partial charge is 0.491 e. The highest BCUT2D eigenvalue weighted by Crippen LogP contribution is 2.22. The van der Waals surface area contributed by atoms with Crippen molar-refractivity contribution in [2.75, 3.05) is 44.2 Å². The number of aliphatic hydroxyl groups excluding tert-OH is 1. The van der Waals surface area contributed by atoms with E-state index >= 15 is 0 Å². The molecule has 6 heteroatoms. The molecule has 0 amide bonds. The minimum Gasteiger partial charge on any atom is -0.491 e. The maximum absolute atomic E-state index is 11.6. The monoisotopic (exact) mass is 395 g/mol.